The summed E-state index contributed by atoms with van der Waals surface area (Å²) in [6, 6.07) is 0. The Morgan fingerprint density at radius 2 is 1.38 bits per heavy atom. The standard InChI is InChI=1S/C13H24O8/c14-2-1-13(15,20-5-3-16-7-11-9-18-11)21-6-4-17-8-12-10-19-12/h11-12,14-15H,1-10H2. The van der Waals surface area contributed by atoms with Crippen LogP contribution in [0.15, 0.2) is 0 Å². The molecule has 8 heteroatoms. The van der Waals surface area contributed by atoms with Gasteiger partial charge in [0.15, 0.2) is 0 Å². The number of epoxide rings is 2. The average molecular weight is 308 g/mol. The fourth-order valence-corrected chi connectivity index (χ4v) is 1.61. The van der Waals surface area contributed by atoms with E-state index in [9.17, 15) is 5.11 Å². The Balaban J connectivity index is 1.50. The van der Waals surface area contributed by atoms with E-state index < -0.39 is 5.97 Å². The normalized spacial score (nSPS) is 26.6. The Labute approximate surface area is 123 Å². The number of aliphatic hydroxyl groups excluding tert-OH is 1. The molecule has 2 aliphatic rings. The van der Waals surface area contributed by atoms with E-state index in [4.69, 9.17) is 33.5 Å². The Bertz CT molecular complexity index is 257. The van der Waals surface area contributed by atoms with Crippen molar-refractivity contribution >= 4 is 0 Å². The van der Waals surface area contributed by atoms with Gasteiger partial charge in [-0.2, -0.15) is 0 Å². The van der Waals surface area contributed by atoms with Crippen LogP contribution >= 0.6 is 0 Å². The van der Waals surface area contributed by atoms with Gasteiger partial charge in [-0.15, -0.1) is 0 Å². The topological polar surface area (TPSA) is 102 Å². The lowest BCUT2D eigenvalue weighted by Crippen LogP contribution is -2.39. The van der Waals surface area contributed by atoms with Crippen LogP contribution in [0, 0.1) is 0 Å². The summed E-state index contributed by atoms with van der Waals surface area (Å²) in [5.41, 5.74) is 0. The summed E-state index contributed by atoms with van der Waals surface area (Å²) in [7, 11) is 0. The molecule has 0 amide bonds. The molecule has 0 aromatic heterocycles. The van der Waals surface area contributed by atoms with E-state index >= 15 is 0 Å². The fraction of sp³-hybridized carbons (Fsp3) is 1.00. The predicted molar refractivity (Wildman–Crippen MR) is 69.7 cm³/mol. The van der Waals surface area contributed by atoms with Crippen molar-refractivity contribution in [2.45, 2.75) is 24.6 Å². The molecule has 0 radical (unpaired) electrons. The van der Waals surface area contributed by atoms with Gasteiger partial charge >= 0.3 is 0 Å². The van der Waals surface area contributed by atoms with E-state index in [0.29, 0.717) is 26.4 Å². The van der Waals surface area contributed by atoms with Crippen LogP contribution in [0.5, 0.6) is 0 Å². The average Bonchev–Trinajstić information content (AvgIpc) is 3.33. The minimum Gasteiger partial charge on any atom is -0.396 e. The third-order valence-electron chi connectivity index (χ3n) is 2.95. The van der Waals surface area contributed by atoms with Gasteiger partial charge in [-0.25, -0.2) is 0 Å². The van der Waals surface area contributed by atoms with Crippen LogP contribution in [0.3, 0.4) is 0 Å². The summed E-state index contributed by atoms with van der Waals surface area (Å²) in [4.78, 5) is 0. The van der Waals surface area contributed by atoms with E-state index in [1.165, 1.54) is 0 Å². The monoisotopic (exact) mass is 308 g/mol. The predicted octanol–water partition coefficient (Wildman–Crippen LogP) is -1.12. The molecule has 2 aliphatic heterocycles. The maximum atomic E-state index is 10.1. The fourth-order valence-electron chi connectivity index (χ4n) is 1.61. The first kappa shape index (κ1) is 17.0. The van der Waals surface area contributed by atoms with Crippen molar-refractivity contribution in [3.05, 3.63) is 0 Å². The minimum absolute atomic E-state index is 0.0372. The molecule has 0 aliphatic carbocycles. The second-order valence-electron chi connectivity index (χ2n) is 4.94. The Morgan fingerprint density at radius 1 is 0.905 bits per heavy atom. The minimum atomic E-state index is -1.81. The van der Waals surface area contributed by atoms with E-state index in [-0.39, 0.29) is 38.4 Å². The van der Waals surface area contributed by atoms with Gasteiger partial charge in [-0.05, 0) is 0 Å². The first-order valence-electron chi connectivity index (χ1n) is 7.22. The first-order chi connectivity index (χ1) is 10.2. The third-order valence-corrected chi connectivity index (χ3v) is 2.95. The zero-order valence-corrected chi connectivity index (χ0v) is 12.1. The summed E-state index contributed by atoms with van der Waals surface area (Å²) in [6.45, 7) is 3.27. The van der Waals surface area contributed by atoms with Gasteiger partial charge in [0.1, 0.15) is 12.2 Å². The van der Waals surface area contributed by atoms with Crippen LogP contribution in [0.25, 0.3) is 0 Å². The summed E-state index contributed by atoms with van der Waals surface area (Å²) in [6.07, 6.45) is 0.361. The quantitative estimate of drug-likeness (QED) is 0.236. The first-order valence-corrected chi connectivity index (χ1v) is 7.22. The van der Waals surface area contributed by atoms with Gasteiger partial charge in [0, 0.05) is 0 Å². The smallest absolute Gasteiger partial charge is 0.282 e. The number of hydrogen-bond acceptors (Lipinski definition) is 8. The van der Waals surface area contributed by atoms with Gasteiger partial charge in [0.05, 0.1) is 65.9 Å². The molecule has 2 heterocycles. The van der Waals surface area contributed by atoms with Gasteiger partial charge in [-0.3, -0.25) is 0 Å². The van der Waals surface area contributed by atoms with Crippen LogP contribution in [-0.2, 0) is 28.4 Å². The summed E-state index contributed by atoms with van der Waals surface area (Å²) < 4.78 is 31.1. The summed E-state index contributed by atoms with van der Waals surface area (Å²) in [5.74, 6) is -1.81. The van der Waals surface area contributed by atoms with Crippen molar-refractivity contribution in [1.82, 2.24) is 0 Å². The van der Waals surface area contributed by atoms with Crippen molar-refractivity contribution in [1.29, 1.82) is 0 Å². The zero-order valence-electron chi connectivity index (χ0n) is 12.1. The lowest BCUT2D eigenvalue weighted by Gasteiger charge is -2.27. The molecule has 2 rings (SSSR count). The number of hydrogen-bond donors (Lipinski definition) is 2. The van der Waals surface area contributed by atoms with E-state index in [0.717, 1.165) is 13.2 Å². The molecule has 0 saturated carbocycles. The van der Waals surface area contributed by atoms with Gasteiger partial charge < -0.3 is 38.6 Å². The van der Waals surface area contributed by atoms with Crippen molar-refractivity contribution < 1.29 is 38.6 Å². The molecule has 0 aromatic rings. The van der Waals surface area contributed by atoms with Gasteiger partial charge in [0.2, 0.25) is 0 Å². The van der Waals surface area contributed by atoms with Crippen LogP contribution in [0.1, 0.15) is 6.42 Å². The lowest BCUT2D eigenvalue weighted by molar-refractivity contribution is -0.368. The number of ether oxygens (including phenoxy) is 6. The Kier molecular flexibility index (Phi) is 7.27. The molecule has 8 nitrogen and oxygen atoms in total. The number of rotatable bonds is 14. The second-order valence-corrected chi connectivity index (χ2v) is 4.94. The molecule has 0 bridgehead atoms. The van der Waals surface area contributed by atoms with Crippen LogP contribution in [0.2, 0.25) is 0 Å². The highest BCUT2D eigenvalue weighted by Gasteiger charge is 2.29. The van der Waals surface area contributed by atoms with E-state index in [1.54, 1.807) is 0 Å². The van der Waals surface area contributed by atoms with Gasteiger partial charge in [0.25, 0.3) is 5.97 Å². The molecule has 124 valence electrons. The zero-order chi connectivity index (χ0) is 15.0. The molecule has 2 fully saturated rings. The molecular weight excluding hydrogens is 284 g/mol. The van der Waals surface area contributed by atoms with Crippen LogP contribution < -0.4 is 0 Å². The molecule has 21 heavy (non-hydrogen) atoms. The van der Waals surface area contributed by atoms with E-state index in [1.807, 2.05) is 0 Å². The molecule has 2 saturated heterocycles. The van der Waals surface area contributed by atoms with Gasteiger partial charge in [-0.1, -0.05) is 0 Å². The molecule has 2 atom stereocenters. The molecule has 2 unspecified atom stereocenters. The highest BCUT2D eigenvalue weighted by Crippen LogP contribution is 2.15. The summed E-state index contributed by atoms with van der Waals surface area (Å²) in [5, 5.41) is 19.0. The van der Waals surface area contributed by atoms with Crippen molar-refractivity contribution in [2.24, 2.45) is 0 Å². The Hall–Kier alpha value is -0.320. The van der Waals surface area contributed by atoms with Crippen LogP contribution in [0.4, 0.5) is 0 Å². The third kappa shape index (κ3) is 8.03. The summed E-state index contributed by atoms with van der Waals surface area (Å²) >= 11 is 0. The van der Waals surface area contributed by atoms with Crippen LogP contribution in [-0.4, -0.2) is 87.9 Å². The largest absolute Gasteiger partial charge is 0.396 e. The molecular formula is C13H24O8. The highest BCUT2D eigenvalue weighted by atomic mass is 16.8. The van der Waals surface area contributed by atoms with Crippen molar-refractivity contribution in [3.63, 3.8) is 0 Å². The van der Waals surface area contributed by atoms with E-state index in [2.05, 4.69) is 0 Å². The molecule has 0 spiro atoms. The SMILES string of the molecule is OCCC(O)(OCCOCC1CO1)OCCOCC1CO1. The maximum absolute atomic E-state index is 10.1. The maximum Gasteiger partial charge on any atom is 0.282 e. The number of aliphatic hydroxyl groups is 2. The van der Waals surface area contributed by atoms with Crippen molar-refractivity contribution in [3.8, 4) is 0 Å². The Morgan fingerprint density at radius 3 is 1.76 bits per heavy atom. The highest BCUT2D eigenvalue weighted by molar-refractivity contribution is 4.67. The second kappa shape index (κ2) is 8.96. The molecule has 0 aromatic carbocycles. The lowest BCUT2D eigenvalue weighted by atomic mass is 10.4. The molecule has 2 N–H and O–H groups in total. The van der Waals surface area contributed by atoms with Crippen molar-refractivity contribution in [2.75, 3.05) is 59.5 Å².